The minimum absolute atomic E-state index is 0.0769. The van der Waals surface area contributed by atoms with Gasteiger partial charge in [0, 0.05) is 19.6 Å². The largest absolute Gasteiger partial charge is 0.351 e. The van der Waals surface area contributed by atoms with Crippen molar-refractivity contribution >= 4 is 11.8 Å². The lowest BCUT2D eigenvalue weighted by atomic mass is 10.1. The van der Waals surface area contributed by atoms with E-state index in [0.717, 1.165) is 38.9 Å². The maximum Gasteiger partial charge on any atom is 0.272 e. The van der Waals surface area contributed by atoms with E-state index in [0.29, 0.717) is 17.9 Å². The first-order chi connectivity index (χ1) is 11.1. The zero-order valence-corrected chi connectivity index (χ0v) is 14.0. The van der Waals surface area contributed by atoms with Crippen molar-refractivity contribution in [2.24, 2.45) is 0 Å². The summed E-state index contributed by atoms with van der Waals surface area (Å²) in [6.07, 6.45) is 4.13. The van der Waals surface area contributed by atoms with Gasteiger partial charge in [0.25, 0.3) is 11.8 Å². The van der Waals surface area contributed by atoms with E-state index in [9.17, 15) is 9.59 Å². The highest BCUT2D eigenvalue weighted by atomic mass is 16.2. The Bertz CT molecular complexity index is 539. The maximum absolute atomic E-state index is 12.4. The number of piperidine rings is 1. The molecular formula is C17H26N4O2. The Balaban J connectivity index is 1.93. The third-order valence-corrected chi connectivity index (χ3v) is 3.91. The Labute approximate surface area is 137 Å². The van der Waals surface area contributed by atoms with Crippen LogP contribution in [0.15, 0.2) is 18.2 Å². The van der Waals surface area contributed by atoms with Gasteiger partial charge in [-0.1, -0.05) is 6.07 Å². The fraction of sp³-hybridized carbons (Fsp3) is 0.588. The van der Waals surface area contributed by atoms with Gasteiger partial charge in [-0.25, -0.2) is 4.98 Å². The van der Waals surface area contributed by atoms with Crippen molar-refractivity contribution in [3.05, 3.63) is 29.6 Å². The quantitative estimate of drug-likeness (QED) is 0.805. The van der Waals surface area contributed by atoms with Gasteiger partial charge < -0.3 is 15.1 Å². The summed E-state index contributed by atoms with van der Waals surface area (Å²) in [5, 5.41) is 2.85. The van der Waals surface area contributed by atoms with E-state index in [-0.39, 0.29) is 11.8 Å². The summed E-state index contributed by atoms with van der Waals surface area (Å²) in [6.45, 7) is 3.08. The van der Waals surface area contributed by atoms with E-state index in [1.54, 1.807) is 18.2 Å². The predicted molar refractivity (Wildman–Crippen MR) is 89.5 cm³/mol. The standard InChI is InChI=1S/C17H26N4O2/c1-20(2)11-7-10-18-16(22)14-8-6-9-15(19-14)17(23)21-12-4-3-5-13-21/h6,8-9H,3-5,7,10-13H2,1-2H3,(H,18,22). The second kappa shape index (κ2) is 8.62. The van der Waals surface area contributed by atoms with Gasteiger partial charge in [0.15, 0.2) is 0 Å². The zero-order valence-electron chi connectivity index (χ0n) is 14.0. The van der Waals surface area contributed by atoms with E-state index in [4.69, 9.17) is 0 Å². The lowest BCUT2D eigenvalue weighted by molar-refractivity contribution is 0.0718. The number of nitrogens with one attached hydrogen (secondary N) is 1. The molecule has 2 heterocycles. The van der Waals surface area contributed by atoms with Crippen LogP contribution in [0, 0.1) is 0 Å². The topological polar surface area (TPSA) is 65.5 Å². The highest BCUT2D eigenvalue weighted by Crippen LogP contribution is 2.12. The highest BCUT2D eigenvalue weighted by Gasteiger charge is 2.20. The van der Waals surface area contributed by atoms with Crippen LogP contribution in [-0.4, -0.2) is 66.9 Å². The van der Waals surface area contributed by atoms with Crippen LogP contribution in [0.3, 0.4) is 0 Å². The van der Waals surface area contributed by atoms with E-state index in [1.807, 2.05) is 19.0 Å². The number of hydrogen-bond donors (Lipinski definition) is 1. The van der Waals surface area contributed by atoms with Gasteiger partial charge in [0.05, 0.1) is 0 Å². The van der Waals surface area contributed by atoms with Crippen LogP contribution in [0.5, 0.6) is 0 Å². The second-order valence-corrected chi connectivity index (χ2v) is 6.17. The lowest BCUT2D eigenvalue weighted by Gasteiger charge is -2.26. The molecule has 0 aliphatic carbocycles. The first-order valence-electron chi connectivity index (χ1n) is 8.27. The number of nitrogens with zero attached hydrogens (tertiary/aromatic N) is 3. The number of likely N-dealkylation sites (tertiary alicyclic amines) is 1. The maximum atomic E-state index is 12.4. The molecular weight excluding hydrogens is 292 g/mol. The van der Waals surface area contributed by atoms with Crippen molar-refractivity contribution in [2.45, 2.75) is 25.7 Å². The number of carbonyl (C=O) groups excluding carboxylic acids is 2. The molecule has 1 aliphatic rings. The number of hydrogen-bond acceptors (Lipinski definition) is 4. The van der Waals surface area contributed by atoms with Gasteiger partial charge >= 0.3 is 0 Å². The van der Waals surface area contributed by atoms with Crippen LogP contribution in [0.2, 0.25) is 0 Å². The van der Waals surface area contributed by atoms with E-state index < -0.39 is 0 Å². The summed E-state index contributed by atoms with van der Waals surface area (Å²) < 4.78 is 0. The molecule has 2 rings (SSSR count). The molecule has 126 valence electrons. The Morgan fingerprint density at radius 2 is 1.87 bits per heavy atom. The van der Waals surface area contributed by atoms with Crippen molar-refractivity contribution in [3.8, 4) is 0 Å². The SMILES string of the molecule is CN(C)CCCNC(=O)c1cccc(C(=O)N2CCCCC2)n1. The van der Waals surface area contributed by atoms with E-state index >= 15 is 0 Å². The molecule has 6 heteroatoms. The van der Waals surface area contributed by atoms with Crippen LogP contribution in [0.1, 0.15) is 46.7 Å². The van der Waals surface area contributed by atoms with Crippen LogP contribution in [0.25, 0.3) is 0 Å². The molecule has 23 heavy (non-hydrogen) atoms. The predicted octanol–water partition coefficient (Wildman–Crippen LogP) is 1.39. The van der Waals surface area contributed by atoms with Gasteiger partial charge in [-0.05, 0) is 58.5 Å². The molecule has 0 aromatic carbocycles. The number of pyridine rings is 1. The number of carbonyl (C=O) groups is 2. The minimum atomic E-state index is -0.225. The molecule has 0 atom stereocenters. The summed E-state index contributed by atoms with van der Waals surface area (Å²) in [4.78, 5) is 32.7. The van der Waals surface area contributed by atoms with Crippen LogP contribution in [0.4, 0.5) is 0 Å². The summed E-state index contributed by atoms with van der Waals surface area (Å²) in [7, 11) is 4.00. The molecule has 1 N–H and O–H groups in total. The lowest BCUT2D eigenvalue weighted by Crippen LogP contribution is -2.36. The molecule has 1 aromatic heterocycles. The molecule has 2 amide bonds. The molecule has 0 radical (unpaired) electrons. The van der Waals surface area contributed by atoms with Crippen molar-refractivity contribution in [2.75, 3.05) is 40.3 Å². The molecule has 1 aromatic rings. The van der Waals surface area contributed by atoms with E-state index in [2.05, 4.69) is 15.2 Å². The van der Waals surface area contributed by atoms with E-state index in [1.165, 1.54) is 6.42 Å². The molecule has 0 saturated carbocycles. The molecule has 1 fully saturated rings. The van der Waals surface area contributed by atoms with Gasteiger partial charge in [-0.2, -0.15) is 0 Å². The average Bonchev–Trinajstić information content (AvgIpc) is 2.58. The Kier molecular flexibility index (Phi) is 6.52. The van der Waals surface area contributed by atoms with Crippen molar-refractivity contribution in [3.63, 3.8) is 0 Å². The fourth-order valence-corrected chi connectivity index (χ4v) is 2.63. The molecule has 6 nitrogen and oxygen atoms in total. The second-order valence-electron chi connectivity index (χ2n) is 6.17. The monoisotopic (exact) mass is 318 g/mol. The summed E-state index contributed by atoms with van der Waals surface area (Å²) in [6, 6.07) is 5.05. The zero-order chi connectivity index (χ0) is 16.7. The normalized spacial score (nSPS) is 14.8. The van der Waals surface area contributed by atoms with Crippen LogP contribution in [-0.2, 0) is 0 Å². The third-order valence-electron chi connectivity index (χ3n) is 3.91. The fourth-order valence-electron chi connectivity index (χ4n) is 2.63. The average molecular weight is 318 g/mol. The molecule has 0 spiro atoms. The van der Waals surface area contributed by atoms with Crippen molar-refractivity contribution in [1.29, 1.82) is 0 Å². The van der Waals surface area contributed by atoms with Crippen LogP contribution < -0.4 is 5.32 Å². The first-order valence-corrected chi connectivity index (χ1v) is 8.27. The minimum Gasteiger partial charge on any atom is -0.351 e. The van der Waals surface area contributed by atoms with Gasteiger partial charge in [-0.15, -0.1) is 0 Å². The molecule has 0 bridgehead atoms. The van der Waals surface area contributed by atoms with Crippen molar-refractivity contribution < 1.29 is 9.59 Å². The van der Waals surface area contributed by atoms with Gasteiger partial charge in [0.1, 0.15) is 11.4 Å². The van der Waals surface area contributed by atoms with Gasteiger partial charge in [-0.3, -0.25) is 9.59 Å². The first kappa shape index (κ1) is 17.4. The summed E-state index contributed by atoms with van der Waals surface area (Å²) in [5.41, 5.74) is 0.658. The summed E-state index contributed by atoms with van der Waals surface area (Å²) in [5.74, 6) is -0.302. The Hall–Kier alpha value is -1.95. The van der Waals surface area contributed by atoms with Crippen LogP contribution >= 0.6 is 0 Å². The Morgan fingerprint density at radius 3 is 2.57 bits per heavy atom. The number of amides is 2. The number of rotatable bonds is 6. The van der Waals surface area contributed by atoms with Crippen molar-refractivity contribution in [1.82, 2.24) is 20.1 Å². The summed E-state index contributed by atoms with van der Waals surface area (Å²) >= 11 is 0. The number of aromatic nitrogens is 1. The third kappa shape index (κ3) is 5.32. The smallest absolute Gasteiger partial charge is 0.272 e. The molecule has 0 unspecified atom stereocenters. The van der Waals surface area contributed by atoms with Gasteiger partial charge in [0.2, 0.25) is 0 Å². The Morgan fingerprint density at radius 1 is 1.17 bits per heavy atom. The molecule has 1 aliphatic heterocycles. The molecule has 1 saturated heterocycles. The highest BCUT2D eigenvalue weighted by molar-refractivity contribution is 5.96.